The summed E-state index contributed by atoms with van der Waals surface area (Å²) in [6.07, 6.45) is 13.8. The number of carbonyl (C=O) groups excluding carboxylic acids is 2. The third kappa shape index (κ3) is 5.48. The van der Waals surface area contributed by atoms with Crippen molar-refractivity contribution in [3.63, 3.8) is 0 Å². The smallest absolute Gasteiger partial charge is 0.333 e. The number of carbonyl (C=O) groups is 2. The maximum atomic E-state index is 12.7. The SMILES string of the molecule is C=C(C)C(=O)OC1(C2(OC(=O)C(=C)C)CCCCCCC2)CCCCCCC1. The molecule has 0 aromatic heterocycles. The zero-order valence-corrected chi connectivity index (χ0v) is 17.9. The van der Waals surface area contributed by atoms with Crippen molar-refractivity contribution >= 4 is 11.9 Å². The first-order chi connectivity index (χ1) is 13.3. The Morgan fingerprint density at radius 1 is 0.571 bits per heavy atom. The first kappa shape index (κ1) is 22.7. The van der Waals surface area contributed by atoms with Crippen LogP contribution in [0.5, 0.6) is 0 Å². The van der Waals surface area contributed by atoms with Crippen LogP contribution in [-0.4, -0.2) is 23.1 Å². The molecule has 0 unspecified atom stereocenters. The van der Waals surface area contributed by atoms with Gasteiger partial charge in [-0.15, -0.1) is 0 Å². The molecular formula is C24H38O4. The normalized spacial score (nSPS) is 22.5. The molecule has 0 atom stereocenters. The predicted octanol–water partition coefficient (Wildman–Crippen LogP) is 6.19. The predicted molar refractivity (Wildman–Crippen MR) is 112 cm³/mol. The van der Waals surface area contributed by atoms with Gasteiger partial charge < -0.3 is 9.47 Å². The fraction of sp³-hybridized carbons (Fsp3) is 0.750. The fourth-order valence-electron chi connectivity index (χ4n) is 4.78. The van der Waals surface area contributed by atoms with E-state index >= 15 is 0 Å². The number of hydrogen-bond donors (Lipinski definition) is 0. The number of esters is 2. The van der Waals surface area contributed by atoms with Gasteiger partial charge in [0.05, 0.1) is 0 Å². The zero-order valence-electron chi connectivity index (χ0n) is 17.9. The fourth-order valence-corrected chi connectivity index (χ4v) is 4.78. The minimum atomic E-state index is -0.772. The lowest BCUT2D eigenvalue weighted by Gasteiger charge is -2.50. The van der Waals surface area contributed by atoms with Gasteiger partial charge in [-0.1, -0.05) is 51.7 Å². The number of hydrogen-bond acceptors (Lipinski definition) is 4. The molecule has 0 N–H and O–H groups in total. The van der Waals surface area contributed by atoms with Crippen molar-refractivity contribution in [1.29, 1.82) is 0 Å². The highest BCUT2D eigenvalue weighted by Gasteiger charge is 2.56. The van der Waals surface area contributed by atoms with Gasteiger partial charge in [-0.25, -0.2) is 9.59 Å². The maximum absolute atomic E-state index is 12.7. The average Bonchev–Trinajstić information content (AvgIpc) is 2.59. The summed E-state index contributed by atoms with van der Waals surface area (Å²) in [6.45, 7) is 10.9. The molecule has 158 valence electrons. The van der Waals surface area contributed by atoms with Crippen LogP contribution >= 0.6 is 0 Å². The van der Waals surface area contributed by atoms with Gasteiger partial charge in [0.25, 0.3) is 0 Å². The minimum absolute atomic E-state index is 0.367. The largest absolute Gasteiger partial charge is 0.451 e. The van der Waals surface area contributed by atoms with Crippen molar-refractivity contribution in [2.45, 2.75) is 115 Å². The number of ether oxygens (including phenoxy) is 2. The zero-order chi connectivity index (χ0) is 20.6. The molecule has 0 aliphatic heterocycles. The second-order valence-electron chi connectivity index (χ2n) is 8.86. The monoisotopic (exact) mass is 390 g/mol. The molecule has 2 rings (SSSR count). The molecule has 0 radical (unpaired) electrons. The van der Waals surface area contributed by atoms with Crippen molar-refractivity contribution in [1.82, 2.24) is 0 Å². The van der Waals surface area contributed by atoms with E-state index in [1.54, 1.807) is 13.8 Å². The van der Waals surface area contributed by atoms with Gasteiger partial charge in [0.15, 0.2) is 11.2 Å². The van der Waals surface area contributed by atoms with Gasteiger partial charge in [0.2, 0.25) is 0 Å². The average molecular weight is 391 g/mol. The summed E-state index contributed by atoms with van der Waals surface area (Å²) in [5.74, 6) is -0.734. The minimum Gasteiger partial charge on any atom is -0.451 e. The van der Waals surface area contributed by atoms with Crippen LogP contribution in [0.3, 0.4) is 0 Å². The Labute approximate surface area is 170 Å². The quantitative estimate of drug-likeness (QED) is 0.415. The third-order valence-corrected chi connectivity index (χ3v) is 6.43. The molecule has 0 aromatic rings. The number of rotatable bonds is 5. The van der Waals surface area contributed by atoms with Crippen LogP contribution in [-0.2, 0) is 19.1 Å². The summed E-state index contributed by atoms with van der Waals surface area (Å²) in [6, 6.07) is 0. The molecule has 0 aromatic carbocycles. The highest BCUT2D eigenvalue weighted by Crippen LogP contribution is 2.48. The van der Waals surface area contributed by atoms with E-state index < -0.39 is 11.2 Å². The molecule has 2 aliphatic rings. The highest BCUT2D eigenvalue weighted by molar-refractivity contribution is 5.88. The van der Waals surface area contributed by atoms with Gasteiger partial charge in [-0.3, -0.25) is 0 Å². The summed E-state index contributed by atoms with van der Waals surface area (Å²) >= 11 is 0. The molecule has 0 spiro atoms. The van der Waals surface area contributed by atoms with Crippen molar-refractivity contribution in [3.05, 3.63) is 24.3 Å². The van der Waals surface area contributed by atoms with Crippen LogP contribution in [0.25, 0.3) is 0 Å². The Morgan fingerprint density at radius 3 is 1.07 bits per heavy atom. The van der Waals surface area contributed by atoms with E-state index in [2.05, 4.69) is 13.2 Å². The van der Waals surface area contributed by atoms with Crippen molar-refractivity contribution < 1.29 is 19.1 Å². The Bertz CT molecular complexity index is 521. The molecular weight excluding hydrogens is 352 g/mol. The lowest BCUT2D eigenvalue weighted by molar-refractivity contribution is -0.221. The lowest BCUT2D eigenvalue weighted by Crippen LogP contribution is -2.59. The van der Waals surface area contributed by atoms with E-state index in [4.69, 9.17) is 9.47 Å². The molecule has 2 aliphatic carbocycles. The standard InChI is InChI=1S/C24H38O4/c1-19(2)21(25)27-23(15-11-7-5-8-12-16-23)24(28-22(26)20(3)4)17-13-9-6-10-14-18-24/h1,3,5-18H2,2,4H3. The second kappa shape index (κ2) is 10.3. The molecule has 28 heavy (non-hydrogen) atoms. The van der Waals surface area contributed by atoms with Crippen molar-refractivity contribution in [3.8, 4) is 0 Å². The Hall–Kier alpha value is -1.58. The molecule has 0 saturated heterocycles. The van der Waals surface area contributed by atoms with Crippen LogP contribution < -0.4 is 0 Å². The van der Waals surface area contributed by atoms with Gasteiger partial charge in [0.1, 0.15) is 0 Å². The Balaban J connectivity index is 2.50. The highest BCUT2D eigenvalue weighted by atomic mass is 16.6. The van der Waals surface area contributed by atoms with Crippen molar-refractivity contribution in [2.75, 3.05) is 0 Å². The van der Waals surface area contributed by atoms with Gasteiger partial charge >= 0.3 is 11.9 Å². The first-order valence-corrected chi connectivity index (χ1v) is 11.1. The van der Waals surface area contributed by atoms with E-state index in [-0.39, 0.29) is 11.9 Å². The van der Waals surface area contributed by atoms with Crippen LogP contribution in [0.2, 0.25) is 0 Å². The Kier molecular flexibility index (Phi) is 8.33. The summed E-state index contributed by atoms with van der Waals surface area (Å²) in [5, 5.41) is 0. The molecule has 0 bridgehead atoms. The van der Waals surface area contributed by atoms with Gasteiger partial charge in [0, 0.05) is 11.1 Å². The van der Waals surface area contributed by atoms with E-state index in [0.29, 0.717) is 11.1 Å². The van der Waals surface area contributed by atoms with E-state index in [1.807, 2.05) is 0 Å². The lowest BCUT2D eigenvalue weighted by atomic mass is 9.68. The molecule has 0 amide bonds. The first-order valence-electron chi connectivity index (χ1n) is 11.1. The molecule has 0 heterocycles. The van der Waals surface area contributed by atoms with Crippen molar-refractivity contribution in [2.24, 2.45) is 0 Å². The maximum Gasteiger partial charge on any atom is 0.333 e. The van der Waals surface area contributed by atoms with Crippen LogP contribution in [0.1, 0.15) is 104 Å². The second-order valence-corrected chi connectivity index (χ2v) is 8.86. The van der Waals surface area contributed by atoms with E-state index in [1.165, 1.54) is 12.8 Å². The Morgan fingerprint density at radius 2 is 0.821 bits per heavy atom. The van der Waals surface area contributed by atoms with Gasteiger partial charge in [-0.05, 0) is 65.2 Å². The molecule has 4 heteroatoms. The van der Waals surface area contributed by atoms with Gasteiger partial charge in [-0.2, -0.15) is 0 Å². The third-order valence-electron chi connectivity index (χ3n) is 6.43. The van der Waals surface area contributed by atoms with E-state index in [9.17, 15) is 9.59 Å². The van der Waals surface area contributed by atoms with Crippen LogP contribution in [0.15, 0.2) is 24.3 Å². The summed E-state index contributed by atoms with van der Waals surface area (Å²) < 4.78 is 12.5. The topological polar surface area (TPSA) is 52.6 Å². The summed E-state index contributed by atoms with van der Waals surface area (Å²) in [5.41, 5.74) is -0.750. The summed E-state index contributed by atoms with van der Waals surface area (Å²) in [4.78, 5) is 25.4. The molecule has 2 saturated carbocycles. The summed E-state index contributed by atoms with van der Waals surface area (Å²) in [7, 11) is 0. The van der Waals surface area contributed by atoms with Crippen LogP contribution in [0.4, 0.5) is 0 Å². The van der Waals surface area contributed by atoms with Crippen LogP contribution in [0, 0.1) is 0 Å². The van der Waals surface area contributed by atoms with E-state index in [0.717, 1.165) is 77.0 Å². The molecule has 2 fully saturated rings. The molecule has 4 nitrogen and oxygen atoms in total.